The first-order valence-corrected chi connectivity index (χ1v) is 13.9. The van der Waals surface area contributed by atoms with Gasteiger partial charge in [0, 0.05) is 43.0 Å². The number of carbonyl (C=O) groups excluding carboxylic acids is 7. The van der Waals surface area contributed by atoms with Gasteiger partial charge >= 0.3 is 11.9 Å². The van der Waals surface area contributed by atoms with Crippen LogP contribution in [-0.2, 0) is 45.0 Å². The highest BCUT2D eigenvalue weighted by atomic mass is 16.7. The van der Waals surface area contributed by atoms with Crippen molar-refractivity contribution in [2.45, 2.75) is 51.1 Å². The minimum atomic E-state index is -1.53. The summed E-state index contributed by atoms with van der Waals surface area (Å²) in [6, 6.07) is 5.96. The van der Waals surface area contributed by atoms with Crippen LogP contribution in [-0.4, -0.2) is 72.6 Å². The molecule has 3 aromatic rings. The van der Waals surface area contributed by atoms with E-state index in [9.17, 15) is 38.4 Å². The van der Waals surface area contributed by atoms with Crippen LogP contribution in [0.15, 0.2) is 41.3 Å². The average Bonchev–Trinajstić information content (AvgIpc) is 3.52. The third kappa shape index (κ3) is 7.12. The lowest BCUT2D eigenvalue weighted by Crippen LogP contribution is -2.45. The average molecular weight is 635 g/mol. The summed E-state index contributed by atoms with van der Waals surface area (Å²) >= 11 is 0. The lowest BCUT2D eigenvalue weighted by molar-refractivity contribution is -0.200. The van der Waals surface area contributed by atoms with Gasteiger partial charge < -0.3 is 31.0 Å². The number of hydrogen-bond acceptors (Lipinski definition) is 14. The van der Waals surface area contributed by atoms with Crippen molar-refractivity contribution in [2.24, 2.45) is 0 Å². The lowest BCUT2D eigenvalue weighted by Gasteiger charge is -2.20. The van der Waals surface area contributed by atoms with E-state index >= 15 is 0 Å². The van der Waals surface area contributed by atoms with Crippen LogP contribution in [0.5, 0.6) is 0 Å². The monoisotopic (exact) mass is 634 g/mol. The predicted octanol–water partition coefficient (Wildman–Crippen LogP) is -0.395. The number of amides is 5. The van der Waals surface area contributed by atoms with Gasteiger partial charge in [0.15, 0.2) is 5.52 Å². The minimum absolute atomic E-state index is 0.0992. The summed E-state index contributed by atoms with van der Waals surface area (Å²) in [5.41, 5.74) is 6.74. The van der Waals surface area contributed by atoms with Gasteiger partial charge in [-0.3, -0.25) is 33.8 Å². The van der Waals surface area contributed by atoms with E-state index in [4.69, 9.17) is 15.4 Å². The van der Waals surface area contributed by atoms with Gasteiger partial charge in [0.1, 0.15) is 11.9 Å². The van der Waals surface area contributed by atoms with E-state index in [1.165, 1.54) is 24.4 Å². The Morgan fingerprint density at radius 3 is 2.15 bits per heavy atom. The highest BCUT2D eigenvalue weighted by molar-refractivity contribution is 6.03. The maximum absolute atomic E-state index is 13.0. The van der Waals surface area contributed by atoms with Crippen molar-refractivity contribution in [1.82, 2.24) is 30.4 Å². The Morgan fingerprint density at radius 2 is 1.52 bits per heavy atom. The fourth-order valence-electron chi connectivity index (χ4n) is 4.47. The molecule has 5 N–H and O–H groups in total. The fourth-order valence-corrected chi connectivity index (χ4v) is 4.47. The molecular weight excluding hydrogens is 608 g/mol. The molecule has 0 spiro atoms. The summed E-state index contributed by atoms with van der Waals surface area (Å²) in [5, 5.41) is 6.13. The van der Waals surface area contributed by atoms with E-state index in [2.05, 4.69) is 25.6 Å². The fraction of sp³-hybridized carbons (Fsp3) is 0.286. The van der Waals surface area contributed by atoms with Crippen molar-refractivity contribution in [3.8, 4) is 0 Å². The molecule has 18 nitrogen and oxygen atoms in total. The maximum atomic E-state index is 13.0. The Hall–Kier alpha value is -6.20. The molecule has 2 aliphatic rings. The van der Waals surface area contributed by atoms with E-state index in [-0.39, 0.29) is 49.1 Å². The van der Waals surface area contributed by atoms with Crippen LogP contribution in [0, 0.1) is 0 Å². The predicted molar refractivity (Wildman–Crippen MR) is 153 cm³/mol. The molecule has 1 atom stereocenters. The van der Waals surface area contributed by atoms with Crippen LogP contribution in [0.4, 0.5) is 11.5 Å². The molecular formula is C28H26N8O10. The van der Waals surface area contributed by atoms with Gasteiger partial charge in [0.2, 0.25) is 0 Å². The number of nitrogens with two attached hydrogens (primary N) is 1. The number of anilines is 2. The molecule has 5 amide bonds. The third-order valence-electron chi connectivity index (χ3n) is 6.85. The largest absolute Gasteiger partial charge is 0.385 e. The van der Waals surface area contributed by atoms with E-state index in [1.807, 2.05) is 0 Å². The number of H-pyrrole nitrogens is 1. The number of benzene rings is 1. The van der Waals surface area contributed by atoms with Gasteiger partial charge in [0.05, 0.1) is 30.4 Å². The molecule has 4 heterocycles. The van der Waals surface area contributed by atoms with Gasteiger partial charge in [-0.15, -0.1) is 10.1 Å². The number of imide groups is 2. The van der Waals surface area contributed by atoms with Crippen LogP contribution in [0.25, 0.3) is 11.0 Å². The van der Waals surface area contributed by atoms with Gasteiger partial charge in [0.25, 0.3) is 35.1 Å². The quantitative estimate of drug-likeness (QED) is 0.196. The van der Waals surface area contributed by atoms with Gasteiger partial charge in [-0.25, -0.2) is 14.6 Å². The number of hydroxylamine groups is 4. The molecule has 2 aromatic heterocycles. The molecule has 0 bridgehead atoms. The van der Waals surface area contributed by atoms with Crippen molar-refractivity contribution in [3.63, 3.8) is 0 Å². The number of nitrogens with zero attached hydrogens (tertiary/aromatic N) is 4. The van der Waals surface area contributed by atoms with Crippen LogP contribution in [0.3, 0.4) is 0 Å². The molecule has 0 radical (unpaired) electrons. The first-order chi connectivity index (χ1) is 22.0. The zero-order chi connectivity index (χ0) is 33.0. The van der Waals surface area contributed by atoms with E-state index in [1.54, 1.807) is 12.1 Å². The number of aromatic amines is 1. The molecule has 0 saturated carbocycles. The van der Waals surface area contributed by atoms with E-state index < -0.39 is 65.9 Å². The van der Waals surface area contributed by atoms with Crippen molar-refractivity contribution in [3.05, 3.63) is 58.1 Å². The number of nitrogen functional groups attached to an aromatic ring is 1. The maximum Gasteiger partial charge on any atom is 0.355 e. The number of pyridine rings is 1. The number of rotatable bonds is 11. The van der Waals surface area contributed by atoms with E-state index in [0.29, 0.717) is 27.0 Å². The highest BCUT2D eigenvalue weighted by Gasteiger charge is 2.36. The number of nitrogens with one attached hydrogen (secondary N) is 3. The van der Waals surface area contributed by atoms with Crippen LogP contribution in [0.1, 0.15) is 54.6 Å². The Morgan fingerprint density at radius 1 is 0.913 bits per heavy atom. The summed E-state index contributed by atoms with van der Waals surface area (Å²) < 4.78 is 0. The van der Waals surface area contributed by atoms with Crippen LogP contribution >= 0.6 is 0 Å². The zero-order valence-corrected chi connectivity index (χ0v) is 23.9. The summed E-state index contributed by atoms with van der Waals surface area (Å²) in [7, 11) is 0. The molecule has 46 heavy (non-hydrogen) atoms. The Balaban J connectivity index is 1.22. The molecule has 1 aromatic carbocycles. The summed E-state index contributed by atoms with van der Waals surface area (Å²) in [6.07, 6.45) is -0.0231. The van der Waals surface area contributed by atoms with Crippen molar-refractivity contribution >= 4 is 64.0 Å². The number of aromatic nitrogens is 3. The smallest absolute Gasteiger partial charge is 0.355 e. The topological polar surface area (TPSA) is 253 Å². The van der Waals surface area contributed by atoms with Crippen molar-refractivity contribution < 1.29 is 43.2 Å². The number of hydrogen-bond donors (Lipinski definition) is 4. The molecule has 18 heteroatoms. The minimum Gasteiger partial charge on any atom is -0.385 e. The van der Waals surface area contributed by atoms with Gasteiger partial charge in [-0.2, -0.15) is 0 Å². The molecule has 238 valence electrons. The standard InChI is InChI=1S/C28H26N8O10/c29-19-11-18-25(27(43)34-19)32-16(13-31-18)12-30-15-3-1-14(2-4-15)26(42)33-17(28(44)46-36-22(39)8-9-23(36)40)5-10-24(41)45-35-20(37)6-7-21(35)38/h1-4,11,13,17,30H,5-10,12H2,(H,33,42)(H3,29,34,43). The van der Waals surface area contributed by atoms with Crippen LogP contribution in [0.2, 0.25) is 0 Å². The summed E-state index contributed by atoms with van der Waals surface area (Å²) in [5.74, 6) is -5.72. The van der Waals surface area contributed by atoms with Gasteiger partial charge in [-0.1, -0.05) is 0 Å². The summed E-state index contributed by atoms with van der Waals surface area (Å²) in [4.78, 5) is 118. The normalized spacial score (nSPS) is 15.3. The highest BCUT2D eigenvalue weighted by Crippen LogP contribution is 2.17. The molecule has 2 aliphatic heterocycles. The zero-order valence-electron chi connectivity index (χ0n) is 23.9. The first kappa shape index (κ1) is 31.2. The Bertz CT molecular complexity index is 1790. The van der Waals surface area contributed by atoms with Gasteiger partial charge in [-0.05, 0) is 30.7 Å². The molecule has 5 rings (SSSR count). The number of carbonyl (C=O) groups is 7. The molecule has 2 fully saturated rings. The van der Waals surface area contributed by atoms with Crippen LogP contribution < -0.4 is 21.9 Å². The van der Waals surface area contributed by atoms with Crippen molar-refractivity contribution in [2.75, 3.05) is 11.1 Å². The third-order valence-corrected chi connectivity index (χ3v) is 6.85. The Kier molecular flexibility index (Phi) is 8.96. The second kappa shape index (κ2) is 13.2. The van der Waals surface area contributed by atoms with Crippen molar-refractivity contribution in [1.29, 1.82) is 0 Å². The second-order valence-electron chi connectivity index (χ2n) is 10.2. The first-order valence-electron chi connectivity index (χ1n) is 13.9. The summed E-state index contributed by atoms with van der Waals surface area (Å²) in [6.45, 7) is 0.185. The van der Waals surface area contributed by atoms with E-state index in [0.717, 1.165) is 0 Å². The molecule has 0 aliphatic carbocycles. The molecule has 2 saturated heterocycles. The molecule has 1 unspecified atom stereocenters. The Labute approximate surface area is 258 Å². The number of fused-ring (bicyclic) bond motifs is 1. The SMILES string of the molecule is Nc1cc2ncc(CNc3ccc(C(=O)NC(CCC(=O)ON4C(=O)CCC4=O)C(=O)ON4C(=O)CCC4=O)cc3)nc2c(=O)[nH]1. The second-order valence-corrected chi connectivity index (χ2v) is 10.2. The lowest BCUT2D eigenvalue weighted by atomic mass is 10.1.